The zero-order chi connectivity index (χ0) is 13.7. The Morgan fingerprint density at radius 2 is 2.26 bits per heavy atom. The van der Waals surface area contributed by atoms with Gasteiger partial charge in [0.1, 0.15) is 0 Å². The molecule has 1 aliphatic heterocycles. The first-order valence-corrected chi connectivity index (χ1v) is 6.37. The summed E-state index contributed by atoms with van der Waals surface area (Å²) < 4.78 is 0. The van der Waals surface area contributed by atoms with Gasteiger partial charge in [-0.25, -0.2) is 0 Å². The first kappa shape index (κ1) is 13.5. The third kappa shape index (κ3) is 3.54. The van der Waals surface area contributed by atoms with E-state index in [-0.39, 0.29) is 18.4 Å². The lowest BCUT2D eigenvalue weighted by atomic mass is 10.0. The number of oxime groups is 1. The van der Waals surface area contributed by atoms with Gasteiger partial charge in [0.25, 0.3) is 5.91 Å². The van der Waals surface area contributed by atoms with Crippen LogP contribution in [0.2, 0.25) is 0 Å². The zero-order valence-electron chi connectivity index (χ0n) is 10.9. The maximum Gasteiger partial charge on any atom is 0.264 e. The minimum Gasteiger partial charge on any atom is -0.396 e. The second-order valence-electron chi connectivity index (χ2n) is 4.74. The summed E-state index contributed by atoms with van der Waals surface area (Å²) in [5, 5.41) is 15.6. The van der Waals surface area contributed by atoms with Gasteiger partial charge < -0.3 is 15.3 Å². The Morgan fingerprint density at radius 3 is 2.95 bits per heavy atom. The summed E-state index contributed by atoms with van der Waals surface area (Å²) >= 11 is 0. The highest BCUT2D eigenvalue weighted by atomic mass is 16.6. The first-order chi connectivity index (χ1) is 9.20. The van der Waals surface area contributed by atoms with Gasteiger partial charge in [0.15, 0.2) is 0 Å². The molecule has 0 aliphatic carbocycles. The van der Waals surface area contributed by atoms with E-state index in [4.69, 9.17) is 9.94 Å². The lowest BCUT2D eigenvalue weighted by Crippen LogP contribution is -2.37. The molecule has 1 aromatic carbocycles. The van der Waals surface area contributed by atoms with Crippen LogP contribution < -0.4 is 5.32 Å². The van der Waals surface area contributed by atoms with Crippen molar-refractivity contribution >= 4 is 11.6 Å². The normalized spacial score (nSPS) is 19.5. The van der Waals surface area contributed by atoms with Crippen molar-refractivity contribution in [2.24, 2.45) is 11.1 Å². The summed E-state index contributed by atoms with van der Waals surface area (Å²) in [6.07, 6.45) is -0.0929. The van der Waals surface area contributed by atoms with Crippen LogP contribution >= 0.6 is 0 Å². The SMILES string of the molecule is CC(CO)CNC(=O)C1CC(c2ccccc2)=NO1. The molecule has 5 heteroatoms. The van der Waals surface area contributed by atoms with Crippen LogP contribution in [0.3, 0.4) is 0 Å². The maximum atomic E-state index is 11.9. The summed E-state index contributed by atoms with van der Waals surface area (Å²) in [6, 6.07) is 9.66. The fourth-order valence-corrected chi connectivity index (χ4v) is 1.77. The van der Waals surface area contributed by atoms with Crippen molar-refractivity contribution in [3.05, 3.63) is 35.9 Å². The third-order valence-electron chi connectivity index (χ3n) is 3.00. The standard InChI is InChI=1S/C14H18N2O3/c1-10(9-17)8-15-14(18)13-7-12(16-19-13)11-5-3-2-4-6-11/h2-6,10,13,17H,7-9H2,1H3,(H,15,18). The van der Waals surface area contributed by atoms with Crippen molar-refractivity contribution in [1.29, 1.82) is 0 Å². The highest BCUT2D eigenvalue weighted by Crippen LogP contribution is 2.16. The second kappa shape index (κ2) is 6.33. The van der Waals surface area contributed by atoms with E-state index in [0.29, 0.717) is 13.0 Å². The zero-order valence-corrected chi connectivity index (χ0v) is 10.9. The molecule has 0 radical (unpaired) electrons. The van der Waals surface area contributed by atoms with Gasteiger partial charge in [-0.3, -0.25) is 4.79 Å². The van der Waals surface area contributed by atoms with Crippen molar-refractivity contribution in [3.8, 4) is 0 Å². The fourth-order valence-electron chi connectivity index (χ4n) is 1.77. The lowest BCUT2D eigenvalue weighted by Gasteiger charge is -2.12. The Labute approximate surface area is 112 Å². The number of amides is 1. The van der Waals surface area contributed by atoms with Crippen LogP contribution in [0.25, 0.3) is 0 Å². The number of hydrogen-bond donors (Lipinski definition) is 2. The minimum absolute atomic E-state index is 0.0415. The van der Waals surface area contributed by atoms with Crippen LogP contribution in [0.5, 0.6) is 0 Å². The lowest BCUT2D eigenvalue weighted by molar-refractivity contribution is -0.131. The number of carbonyl (C=O) groups is 1. The molecule has 1 heterocycles. The second-order valence-corrected chi connectivity index (χ2v) is 4.74. The van der Waals surface area contributed by atoms with Crippen molar-refractivity contribution < 1.29 is 14.7 Å². The maximum absolute atomic E-state index is 11.9. The molecule has 1 amide bonds. The van der Waals surface area contributed by atoms with Crippen LogP contribution in [-0.2, 0) is 9.63 Å². The van der Waals surface area contributed by atoms with E-state index in [1.54, 1.807) is 0 Å². The van der Waals surface area contributed by atoms with Gasteiger partial charge in [-0.15, -0.1) is 0 Å². The average molecular weight is 262 g/mol. The topological polar surface area (TPSA) is 70.9 Å². The van der Waals surface area contributed by atoms with E-state index in [0.717, 1.165) is 11.3 Å². The van der Waals surface area contributed by atoms with Crippen molar-refractivity contribution in [3.63, 3.8) is 0 Å². The van der Waals surface area contributed by atoms with Crippen LogP contribution in [0.15, 0.2) is 35.5 Å². The molecule has 0 bridgehead atoms. The van der Waals surface area contributed by atoms with Crippen LogP contribution in [-0.4, -0.2) is 36.0 Å². The highest BCUT2D eigenvalue weighted by molar-refractivity contribution is 6.04. The fraction of sp³-hybridized carbons (Fsp3) is 0.429. The number of aliphatic hydroxyl groups is 1. The molecule has 1 aromatic rings. The van der Waals surface area contributed by atoms with Gasteiger partial charge in [0, 0.05) is 19.6 Å². The molecule has 0 fully saturated rings. The van der Waals surface area contributed by atoms with Crippen LogP contribution in [0.1, 0.15) is 18.9 Å². The summed E-state index contributed by atoms with van der Waals surface area (Å²) in [6.45, 7) is 2.36. The van der Waals surface area contributed by atoms with E-state index < -0.39 is 6.10 Å². The first-order valence-electron chi connectivity index (χ1n) is 6.37. The highest BCUT2D eigenvalue weighted by Gasteiger charge is 2.28. The molecule has 0 aromatic heterocycles. The Morgan fingerprint density at radius 1 is 1.53 bits per heavy atom. The smallest absolute Gasteiger partial charge is 0.264 e. The summed E-state index contributed by atoms with van der Waals surface area (Å²) in [5.41, 5.74) is 1.76. The number of carbonyl (C=O) groups excluding carboxylic acids is 1. The molecular weight excluding hydrogens is 244 g/mol. The average Bonchev–Trinajstić information content (AvgIpc) is 2.95. The molecule has 1 aliphatic rings. The van der Waals surface area contributed by atoms with E-state index >= 15 is 0 Å². The summed E-state index contributed by atoms with van der Waals surface area (Å²) in [4.78, 5) is 17.0. The van der Waals surface area contributed by atoms with Gasteiger partial charge in [-0.1, -0.05) is 42.4 Å². The Balaban J connectivity index is 1.85. The molecule has 2 N–H and O–H groups in total. The monoisotopic (exact) mass is 262 g/mol. The summed E-state index contributed by atoms with van der Waals surface area (Å²) in [5.74, 6) is -0.144. The van der Waals surface area contributed by atoms with E-state index in [9.17, 15) is 4.79 Å². The van der Waals surface area contributed by atoms with Crippen molar-refractivity contribution in [2.45, 2.75) is 19.4 Å². The Kier molecular flexibility index (Phi) is 4.52. The number of nitrogens with one attached hydrogen (secondary N) is 1. The molecule has 5 nitrogen and oxygen atoms in total. The van der Waals surface area contributed by atoms with Gasteiger partial charge in [0.05, 0.1) is 5.71 Å². The molecule has 19 heavy (non-hydrogen) atoms. The molecule has 0 saturated carbocycles. The quantitative estimate of drug-likeness (QED) is 0.829. The molecule has 102 valence electrons. The van der Waals surface area contributed by atoms with Crippen molar-refractivity contribution in [1.82, 2.24) is 5.32 Å². The van der Waals surface area contributed by atoms with Crippen LogP contribution in [0, 0.1) is 5.92 Å². The van der Waals surface area contributed by atoms with E-state index in [1.165, 1.54) is 0 Å². The number of rotatable bonds is 5. The van der Waals surface area contributed by atoms with Gasteiger partial charge in [-0.05, 0) is 11.5 Å². The predicted molar refractivity (Wildman–Crippen MR) is 71.7 cm³/mol. The van der Waals surface area contributed by atoms with Crippen LogP contribution in [0.4, 0.5) is 0 Å². The van der Waals surface area contributed by atoms with E-state index in [1.807, 2.05) is 37.3 Å². The molecule has 2 atom stereocenters. The number of nitrogens with zero attached hydrogens (tertiary/aromatic N) is 1. The Hall–Kier alpha value is -1.88. The minimum atomic E-state index is -0.568. The predicted octanol–water partition coefficient (Wildman–Crippen LogP) is 0.924. The molecule has 2 unspecified atom stereocenters. The number of benzene rings is 1. The molecule has 0 saturated heterocycles. The third-order valence-corrected chi connectivity index (χ3v) is 3.00. The molecule has 2 rings (SSSR count). The number of hydrogen-bond acceptors (Lipinski definition) is 4. The van der Waals surface area contributed by atoms with Gasteiger partial charge in [0.2, 0.25) is 6.10 Å². The summed E-state index contributed by atoms with van der Waals surface area (Å²) in [7, 11) is 0. The molecular formula is C14H18N2O3. The van der Waals surface area contributed by atoms with Crippen molar-refractivity contribution in [2.75, 3.05) is 13.2 Å². The van der Waals surface area contributed by atoms with Gasteiger partial charge >= 0.3 is 0 Å². The van der Waals surface area contributed by atoms with E-state index in [2.05, 4.69) is 10.5 Å². The Bertz CT molecular complexity index is 459. The van der Waals surface area contributed by atoms with Gasteiger partial charge in [-0.2, -0.15) is 0 Å². The largest absolute Gasteiger partial charge is 0.396 e. The molecule has 0 spiro atoms. The number of aliphatic hydroxyl groups excluding tert-OH is 1.